The third kappa shape index (κ3) is 2.72. The van der Waals surface area contributed by atoms with Gasteiger partial charge >= 0.3 is 5.97 Å². The predicted molar refractivity (Wildman–Crippen MR) is 66.1 cm³/mol. The van der Waals surface area contributed by atoms with Crippen LogP contribution in [0.1, 0.15) is 22.5 Å². The van der Waals surface area contributed by atoms with Crippen LogP contribution >= 0.6 is 0 Å². The van der Waals surface area contributed by atoms with Crippen molar-refractivity contribution in [2.24, 2.45) is 0 Å². The third-order valence-corrected chi connectivity index (χ3v) is 2.78. The van der Waals surface area contributed by atoms with E-state index in [1.54, 1.807) is 6.92 Å². The minimum absolute atomic E-state index is 0.0428. The molecule has 3 N–H and O–H groups in total. The predicted octanol–water partition coefficient (Wildman–Crippen LogP) is -1.00. The van der Waals surface area contributed by atoms with Gasteiger partial charge in [-0.05, 0) is 6.92 Å². The van der Waals surface area contributed by atoms with Gasteiger partial charge in [-0.1, -0.05) is 0 Å². The number of fused-ring (bicyclic) bond motifs is 1. The number of carbonyl (C=O) groups excluding carboxylic acids is 1. The molecule has 0 aliphatic rings. The summed E-state index contributed by atoms with van der Waals surface area (Å²) in [5, 5.41) is 24.1. The lowest BCUT2D eigenvalue weighted by molar-refractivity contribution is -0.146. The number of aromatic nitrogens is 4. The van der Waals surface area contributed by atoms with Gasteiger partial charge in [0.25, 0.3) is 11.7 Å². The summed E-state index contributed by atoms with van der Waals surface area (Å²) < 4.78 is 1.43. The third-order valence-electron chi connectivity index (χ3n) is 2.78. The van der Waals surface area contributed by atoms with Crippen molar-refractivity contribution in [2.45, 2.75) is 19.4 Å². The van der Waals surface area contributed by atoms with Crippen molar-refractivity contribution in [1.82, 2.24) is 24.9 Å². The van der Waals surface area contributed by atoms with Gasteiger partial charge in [-0.3, -0.25) is 4.79 Å². The molecule has 0 fully saturated rings. The molecule has 0 spiro atoms. The molecule has 1 unspecified atom stereocenters. The van der Waals surface area contributed by atoms with Crippen molar-refractivity contribution in [3.8, 4) is 0 Å². The smallest absolute Gasteiger partial charge is 0.332 e. The van der Waals surface area contributed by atoms with Crippen molar-refractivity contribution in [1.29, 1.82) is 0 Å². The van der Waals surface area contributed by atoms with Crippen molar-refractivity contribution in [3.63, 3.8) is 0 Å². The summed E-state index contributed by atoms with van der Waals surface area (Å²) >= 11 is 0. The molecule has 2 rings (SSSR count). The molecule has 0 aromatic carbocycles. The van der Waals surface area contributed by atoms with Crippen LogP contribution in [0.3, 0.4) is 0 Å². The van der Waals surface area contributed by atoms with Crippen molar-refractivity contribution in [3.05, 3.63) is 23.8 Å². The monoisotopic (exact) mass is 279 g/mol. The quantitative estimate of drug-likeness (QED) is 0.639. The molecule has 2 aromatic heterocycles. The van der Waals surface area contributed by atoms with Crippen molar-refractivity contribution < 1.29 is 19.8 Å². The summed E-state index contributed by atoms with van der Waals surface area (Å²) in [5.41, 5.74) is 0.886. The molecule has 9 heteroatoms. The fourth-order valence-corrected chi connectivity index (χ4v) is 1.65. The number of rotatable bonds is 5. The molecule has 0 bridgehead atoms. The highest BCUT2D eigenvalue weighted by Crippen LogP contribution is 2.07. The fourth-order valence-electron chi connectivity index (χ4n) is 1.65. The molecule has 9 nitrogen and oxygen atoms in total. The van der Waals surface area contributed by atoms with E-state index in [1.165, 1.54) is 17.0 Å². The summed E-state index contributed by atoms with van der Waals surface area (Å²) in [6, 6.07) is 0. The summed E-state index contributed by atoms with van der Waals surface area (Å²) in [6.45, 7) is 1.74. The SMILES string of the molecule is Cc1c(C(=O)NCCC(O)C(=O)O)cnc2ncnn12. The number of aliphatic hydroxyl groups excluding tert-OH is 1. The number of aryl methyl sites for hydroxylation is 1. The van der Waals surface area contributed by atoms with Gasteiger partial charge in [0, 0.05) is 19.2 Å². The van der Waals surface area contributed by atoms with E-state index in [0.717, 1.165) is 0 Å². The lowest BCUT2D eigenvalue weighted by Gasteiger charge is -2.09. The zero-order valence-corrected chi connectivity index (χ0v) is 10.6. The molecule has 1 amide bonds. The average molecular weight is 279 g/mol. The highest BCUT2D eigenvalue weighted by molar-refractivity contribution is 5.95. The van der Waals surface area contributed by atoms with Crippen LogP contribution < -0.4 is 5.32 Å². The molecular formula is C11H13N5O4. The first-order chi connectivity index (χ1) is 9.50. The Labute approximate surface area is 113 Å². The van der Waals surface area contributed by atoms with E-state index in [2.05, 4.69) is 20.4 Å². The summed E-state index contributed by atoms with van der Waals surface area (Å²) in [4.78, 5) is 30.2. The molecule has 106 valence electrons. The van der Waals surface area contributed by atoms with Crippen molar-refractivity contribution in [2.75, 3.05) is 6.54 Å². The van der Waals surface area contributed by atoms with E-state index < -0.39 is 18.0 Å². The number of nitrogens with one attached hydrogen (secondary N) is 1. The first-order valence-electron chi connectivity index (χ1n) is 5.85. The molecule has 2 heterocycles. The molecule has 0 saturated heterocycles. The van der Waals surface area contributed by atoms with Crippen LogP contribution in [0.5, 0.6) is 0 Å². The van der Waals surface area contributed by atoms with E-state index in [0.29, 0.717) is 17.0 Å². The maximum atomic E-state index is 11.9. The normalized spacial score (nSPS) is 12.3. The molecule has 20 heavy (non-hydrogen) atoms. The Hall–Kier alpha value is -2.55. The highest BCUT2D eigenvalue weighted by Gasteiger charge is 2.16. The number of carboxylic acids is 1. The number of amides is 1. The minimum atomic E-state index is -1.49. The second-order valence-corrected chi connectivity index (χ2v) is 4.13. The molecule has 1 atom stereocenters. The van der Waals surface area contributed by atoms with Crippen LogP contribution in [0.15, 0.2) is 12.5 Å². The average Bonchev–Trinajstić information content (AvgIpc) is 2.87. The number of nitrogens with zero attached hydrogens (tertiary/aromatic N) is 4. The lowest BCUT2D eigenvalue weighted by atomic mass is 10.2. The Kier molecular flexibility index (Phi) is 3.89. The first kappa shape index (κ1) is 13.9. The number of aliphatic carboxylic acids is 1. The van der Waals surface area contributed by atoms with Gasteiger partial charge in [0.05, 0.1) is 11.3 Å². The van der Waals surface area contributed by atoms with E-state index in [1.807, 2.05) is 0 Å². The zero-order valence-electron chi connectivity index (χ0n) is 10.6. The standard InChI is InChI=1S/C11H13N5O4/c1-6-7(4-13-11-14-5-15-16(6)11)9(18)12-3-2-8(17)10(19)20/h4-5,8,17H,2-3H2,1H3,(H,12,18)(H,19,20). The summed E-state index contributed by atoms with van der Waals surface area (Å²) in [7, 11) is 0. The lowest BCUT2D eigenvalue weighted by Crippen LogP contribution is -2.30. The van der Waals surface area contributed by atoms with Crippen LogP contribution in [-0.4, -0.2) is 54.3 Å². The Morgan fingerprint density at radius 3 is 2.90 bits per heavy atom. The molecule has 2 aromatic rings. The molecular weight excluding hydrogens is 266 g/mol. The van der Waals surface area contributed by atoms with Crippen molar-refractivity contribution >= 4 is 17.7 Å². The second-order valence-electron chi connectivity index (χ2n) is 4.13. The van der Waals surface area contributed by atoms with Gasteiger partial charge in [-0.15, -0.1) is 0 Å². The van der Waals surface area contributed by atoms with Crippen LogP contribution in [0, 0.1) is 6.92 Å². The van der Waals surface area contributed by atoms with Gasteiger partial charge in [-0.2, -0.15) is 10.1 Å². The maximum absolute atomic E-state index is 11.9. The second kappa shape index (κ2) is 5.61. The van der Waals surface area contributed by atoms with E-state index in [9.17, 15) is 9.59 Å². The summed E-state index contributed by atoms with van der Waals surface area (Å²) in [6.07, 6.45) is 1.15. The van der Waals surface area contributed by atoms with Crippen LogP contribution in [0.4, 0.5) is 0 Å². The van der Waals surface area contributed by atoms with Gasteiger partial charge in [0.1, 0.15) is 6.33 Å². The zero-order chi connectivity index (χ0) is 14.7. The van der Waals surface area contributed by atoms with Crippen LogP contribution in [0.2, 0.25) is 0 Å². The minimum Gasteiger partial charge on any atom is -0.479 e. The Morgan fingerprint density at radius 1 is 1.45 bits per heavy atom. The fraction of sp³-hybridized carbons (Fsp3) is 0.364. The largest absolute Gasteiger partial charge is 0.479 e. The summed E-state index contributed by atoms with van der Waals surface area (Å²) in [5.74, 6) is -1.34. The van der Waals surface area contributed by atoms with E-state index >= 15 is 0 Å². The van der Waals surface area contributed by atoms with E-state index in [4.69, 9.17) is 10.2 Å². The molecule has 0 radical (unpaired) electrons. The van der Waals surface area contributed by atoms with Gasteiger partial charge in [0.2, 0.25) is 0 Å². The first-order valence-corrected chi connectivity index (χ1v) is 5.85. The van der Waals surface area contributed by atoms with Crippen LogP contribution in [-0.2, 0) is 4.79 Å². The topological polar surface area (TPSA) is 130 Å². The number of hydrogen-bond acceptors (Lipinski definition) is 6. The van der Waals surface area contributed by atoms with E-state index in [-0.39, 0.29) is 13.0 Å². The van der Waals surface area contributed by atoms with Gasteiger partial charge in [0.15, 0.2) is 6.10 Å². The molecule has 0 aliphatic carbocycles. The number of hydrogen-bond donors (Lipinski definition) is 3. The maximum Gasteiger partial charge on any atom is 0.332 e. The number of carbonyl (C=O) groups is 2. The number of carboxylic acid groups (broad SMARTS) is 1. The number of aliphatic hydroxyl groups is 1. The Balaban J connectivity index is 2.04. The Morgan fingerprint density at radius 2 is 2.20 bits per heavy atom. The van der Waals surface area contributed by atoms with Gasteiger partial charge in [-0.25, -0.2) is 14.3 Å². The molecule has 0 aliphatic heterocycles. The Bertz CT molecular complexity index is 653. The van der Waals surface area contributed by atoms with Crippen LogP contribution in [0.25, 0.3) is 5.78 Å². The molecule has 0 saturated carbocycles. The highest BCUT2D eigenvalue weighted by atomic mass is 16.4. The van der Waals surface area contributed by atoms with Gasteiger partial charge < -0.3 is 15.5 Å².